The summed E-state index contributed by atoms with van der Waals surface area (Å²) in [5.41, 5.74) is 0. The van der Waals surface area contributed by atoms with Crippen LogP contribution in [0.15, 0.2) is 22.7 Å². The van der Waals surface area contributed by atoms with Gasteiger partial charge in [-0.3, -0.25) is 0 Å². The van der Waals surface area contributed by atoms with E-state index in [-0.39, 0.29) is 6.61 Å². The van der Waals surface area contributed by atoms with Crippen LogP contribution in [0.1, 0.15) is 0 Å². The van der Waals surface area contributed by atoms with E-state index in [0.29, 0.717) is 10.8 Å². The van der Waals surface area contributed by atoms with Gasteiger partial charge in [0.2, 0.25) is 0 Å². The zero-order chi connectivity index (χ0) is 10.6. The van der Waals surface area contributed by atoms with Gasteiger partial charge in [0.25, 0.3) is 0 Å². The fraction of sp³-hybridized carbons (Fsp3) is 0.222. The Balaban J connectivity index is 2.64. The average Bonchev–Trinajstić information content (AvgIpc) is 2.16. The lowest BCUT2D eigenvalue weighted by atomic mass is 10.3. The highest BCUT2D eigenvalue weighted by Crippen LogP contribution is 2.28. The van der Waals surface area contributed by atoms with Crippen LogP contribution >= 0.6 is 39.1 Å². The van der Waals surface area contributed by atoms with E-state index in [1.165, 1.54) is 0 Å². The number of hydrogen-bond donors (Lipinski definition) is 0. The lowest BCUT2D eigenvalue weighted by Gasteiger charge is -2.07. The van der Waals surface area contributed by atoms with Crippen LogP contribution in [0.4, 0.5) is 0 Å². The number of benzene rings is 1. The summed E-state index contributed by atoms with van der Waals surface area (Å²) in [6.07, 6.45) is 0. The van der Waals surface area contributed by atoms with Gasteiger partial charge in [0, 0.05) is 5.02 Å². The summed E-state index contributed by atoms with van der Waals surface area (Å²) in [7, 11) is 0. The van der Waals surface area contributed by atoms with E-state index in [1.807, 2.05) is 6.07 Å². The summed E-state index contributed by atoms with van der Waals surface area (Å²) in [4.78, 5) is 0. The number of hydrogen-bond acceptors (Lipinski definition) is 2. The van der Waals surface area contributed by atoms with Crippen molar-refractivity contribution in [2.75, 3.05) is 6.61 Å². The molecule has 0 saturated heterocycles. The van der Waals surface area contributed by atoms with Crippen LogP contribution in [-0.2, 0) is 0 Å². The standard InChI is InChI=1S/C9H6BrCl2NO/c10-8-3-6(11)1-2-9(8)14-5-7(12)4-13/h1-3,7H,5H2. The van der Waals surface area contributed by atoms with Crippen LogP contribution in [-0.4, -0.2) is 12.0 Å². The highest BCUT2D eigenvalue weighted by atomic mass is 79.9. The Morgan fingerprint density at radius 1 is 1.57 bits per heavy atom. The third-order valence-corrected chi connectivity index (χ3v) is 2.50. The molecule has 1 rings (SSSR count). The minimum atomic E-state index is -0.641. The van der Waals surface area contributed by atoms with E-state index in [1.54, 1.807) is 18.2 Å². The molecule has 0 aliphatic rings. The first-order valence-corrected chi connectivity index (χ1v) is 5.35. The molecule has 0 radical (unpaired) electrons. The molecule has 0 spiro atoms. The Labute approximate surface area is 101 Å². The van der Waals surface area contributed by atoms with Crippen LogP contribution < -0.4 is 4.74 Å². The lowest BCUT2D eigenvalue weighted by Crippen LogP contribution is -2.09. The highest BCUT2D eigenvalue weighted by molar-refractivity contribution is 9.10. The summed E-state index contributed by atoms with van der Waals surface area (Å²) in [5, 5.41) is 8.41. The van der Waals surface area contributed by atoms with Crippen molar-refractivity contribution in [2.45, 2.75) is 5.38 Å². The molecule has 2 nitrogen and oxygen atoms in total. The molecule has 1 aromatic rings. The third-order valence-electron chi connectivity index (χ3n) is 1.42. The molecule has 5 heteroatoms. The summed E-state index contributed by atoms with van der Waals surface area (Å²) in [6, 6.07) is 7.00. The van der Waals surface area contributed by atoms with E-state index in [4.69, 9.17) is 33.2 Å². The van der Waals surface area contributed by atoms with E-state index < -0.39 is 5.38 Å². The van der Waals surface area contributed by atoms with Gasteiger partial charge >= 0.3 is 0 Å². The monoisotopic (exact) mass is 293 g/mol. The predicted molar refractivity (Wildman–Crippen MR) is 59.9 cm³/mol. The second kappa shape index (κ2) is 5.45. The maximum Gasteiger partial charge on any atom is 0.154 e. The van der Waals surface area contributed by atoms with Crippen molar-refractivity contribution in [2.24, 2.45) is 0 Å². The van der Waals surface area contributed by atoms with Crippen LogP contribution in [0.2, 0.25) is 5.02 Å². The Kier molecular flexibility index (Phi) is 4.53. The SMILES string of the molecule is N#CC(Cl)COc1ccc(Cl)cc1Br. The first-order chi connectivity index (χ1) is 6.63. The van der Waals surface area contributed by atoms with Crippen molar-refractivity contribution in [1.82, 2.24) is 0 Å². The number of halogens is 3. The average molecular weight is 295 g/mol. The number of nitriles is 1. The topological polar surface area (TPSA) is 33.0 Å². The molecule has 0 saturated carbocycles. The first-order valence-electron chi connectivity index (χ1n) is 3.75. The second-order valence-corrected chi connectivity index (χ2v) is 4.30. The largest absolute Gasteiger partial charge is 0.490 e. The van der Waals surface area contributed by atoms with Crippen molar-refractivity contribution < 1.29 is 4.74 Å². The smallest absolute Gasteiger partial charge is 0.154 e. The fourth-order valence-electron chi connectivity index (χ4n) is 0.792. The first kappa shape index (κ1) is 11.6. The molecule has 0 heterocycles. The van der Waals surface area contributed by atoms with Gasteiger partial charge < -0.3 is 4.74 Å². The normalized spacial score (nSPS) is 11.9. The predicted octanol–water partition coefficient (Wildman–Crippen LogP) is 3.61. The number of nitrogens with zero attached hydrogens (tertiary/aromatic N) is 1. The molecule has 0 amide bonds. The van der Waals surface area contributed by atoms with Crippen LogP contribution in [0.5, 0.6) is 5.75 Å². The minimum absolute atomic E-state index is 0.151. The molecule has 74 valence electrons. The Bertz CT molecular complexity index is 364. The van der Waals surface area contributed by atoms with Gasteiger partial charge in [0.1, 0.15) is 12.4 Å². The quantitative estimate of drug-likeness (QED) is 0.798. The van der Waals surface area contributed by atoms with Crippen molar-refractivity contribution in [3.63, 3.8) is 0 Å². The van der Waals surface area contributed by atoms with E-state index in [0.717, 1.165) is 4.47 Å². The van der Waals surface area contributed by atoms with E-state index >= 15 is 0 Å². The molecule has 0 aliphatic carbocycles. The van der Waals surface area contributed by atoms with Gasteiger partial charge in [-0.25, -0.2) is 0 Å². The number of rotatable bonds is 3. The Morgan fingerprint density at radius 2 is 2.29 bits per heavy atom. The van der Waals surface area contributed by atoms with Crippen molar-refractivity contribution in [3.05, 3.63) is 27.7 Å². The van der Waals surface area contributed by atoms with Crippen LogP contribution in [0.3, 0.4) is 0 Å². The van der Waals surface area contributed by atoms with E-state index in [2.05, 4.69) is 15.9 Å². The molecule has 1 unspecified atom stereocenters. The molecule has 0 aromatic heterocycles. The highest BCUT2D eigenvalue weighted by Gasteiger charge is 2.06. The maximum absolute atomic E-state index is 8.43. The number of alkyl halides is 1. The molecule has 1 atom stereocenters. The lowest BCUT2D eigenvalue weighted by molar-refractivity contribution is 0.327. The molecular formula is C9H6BrCl2NO. The third kappa shape index (κ3) is 3.38. The van der Waals surface area contributed by atoms with Crippen LogP contribution in [0, 0.1) is 11.3 Å². The van der Waals surface area contributed by atoms with E-state index in [9.17, 15) is 0 Å². The summed E-state index contributed by atoms with van der Waals surface area (Å²) >= 11 is 14.6. The van der Waals surface area contributed by atoms with Crippen LogP contribution in [0.25, 0.3) is 0 Å². The molecule has 1 aromatic carbocycles. The van der Waals surface area contributed by atoms with Gasteiger partial charge in [0.15, 0.2) is 5.38 Å². The van der Waals surface area contributed by atoms with Gasteiger partial charge in [-0.15, -0.1) is 11.6 Å². The molecule has 0 aliphatic heterocycles. The van der Waals surface area contributed by atoms with Gasteiger partial charge in [-0.2, -0.15) is 5.26 Å². The van der Waals surface area contributed by atoms with Gasteiger partial charge in [0.05, 0.1) is 10.5 Å². The number of ether oxygens (including phenoxy) is 1. The van der Waals surface area contributed by atoms with Crippen molar-refractivity contribution in [3.8, 4) is 11.8 Å². The summed E-state index contributed by atoms with van der Waals surface area (Å²) in [6.45, 7) is 0.151. The Hall–Kier alpha value is -0.430. The molecule has 14 heavy (non-hydrogen) atoms. The fourth-order valence-corrected chi connectivity index (χ4v) is 1.65. The zero-order valence-electron chi connectivity index (χ0n) is 7.01. The van der Waals surface area contributed by atoms with Gasteiger partial charge in [-0.1, -0.05) is 11.6 Å². The zero-order valence-corrected chi connectivity index (χ0v) is 10.1. The minimum Gasteiger partial charge on any atom is -0.490 e. The maximum atomic E-state index is 8.43. The summed E-state index contributed by atoms with van der Waals surface area (Å²) in [5.74, 6) is 0.621. The van der Waals surface area contributed by atoms with Crippen molar-refractivity contribution in [1.29, 1.82) is 5.26 Å². The van der Waals surface area contributed by atoms with Crippen molar-refractivity contribution >= 4 is 39.1 Å². The molecule has 0 bridgehead atoms. The second-order valence-electron chi connectivity index (χ2n) is 2.48. The molecule has 0 fully saturated rings. The molecular weight excluding hydrogens is 289 g/mol. The summed E-state index contributed by atoms with van der Waals surface area (Å²) < 4.78 is 6.03. The van der Waals surface area contributed by atoms with Gasteiger partial charge in [-0.05, 0) is 34.1 Å². The molecule has 0 N–H and O–H groups in total. The Morgan fingerprint density at radius 3 is 2.86 bits per heavy atom.